The maximum atomic E-state index is 13.0. The first-order valence-electron chi connectivity index (χ1n) is 3.72. The summed E-state index contributed by atoms with van der Waals surface area (Å²) in [6.07, 6.45) is -5.31. The summed E-state index contributed by atoms with van der Waals surface area (Å²) in [4.78, 5) is 10.8. The molecule has 0 N–H and O–H groups in total. The summed E-state index contributed by atoms with van der Waals surface area (Å²) < 4.78 is 65.1. The van der Waals surface area contributed by atoms with Gasteiger partial charge in [0.25, 0.3) is 0 Å². The van der Waals surface area contributed by atoms with Crippen LogP contribution in [0, 0.1) is 0 Å². The molecule has 3 nitrogen and oxygen atoms in total. The van der Waals surface area contributed by atoms with Gasteiger partial charge in [-0.2, -0.15) is 17.6 Å². The summed E-state index contributed by atoms with van der Waals surface area (Å²) in [6, 6.07) is 0. The smallest absolute Gasteiger partial charge is 0.431 e. The largest absolute Gasteiger partial charge is 0.451 e. The number of halogens is 7. The first-order valence-corrected chi connectivity index (χ1v) is 4.47. The summed E-state index contributed by atoms with van der Waals surface area (Å²) >= 11 is 9.90. The second kappa shape index (κ2) is 5.36. The van der Waals surface area contributed by atoms with Gasteiger partial charge in [0.15, 0.2) is 6.67 Å². The number of alkyl halides is 7. The average molecular weight is 303 g/mol. The van der Waals surface area contributed by atoms with Gasteiger partial charge in [0.05, 0.1) is 6.26 Å². The fraction of sp³-hybridized carbons (Fsp3) is 0.571. The van der Waals surface area contributed by atoms with Gasteiger partial charge in [-0.05, 0) is 0 Å². The lowest BCUT2D eigenvalue weighted by molar-refractivity contribution is -0.344. The molecule has 0 fully saturated rings. The number of ether oxygens (including phenoxy) is 2. The van der Waals surface area contributed by atoms with Crippen LogP contribution in [0.4, 0.5) is 22.0 Å². The Morgan fingerprint density at radius 1 is 1.29 bits per heavy atom. The summed E-state index contributed by atoms with van der Waals surface area (Å²) in [6.45, 7) is 0.234. The number of hydrogen-bond acceptors (Lipinski definition) is 3. The summed E-state index contributed by atoms with van der Waals surface area (Å²) in [5.74, 6) is -6.62. The molecule has 0 aliphatic heterocycles. The molecule has 0 radical (unpaired) electrons. The van der Waals surface area contributed by atoms with E-state index >= 15 is 0 Å². The normalized spacial score (nSPS) is 16.2. The van der Waals surface area contributed by atoms with E-state index in [0.717, 1.165) is 0 Å². The quantitative estimate of drug-likeness (QED) is 0.339. The van der Waals surface area contributed by atoms with E-state index in [-0.39, 0.29) is 0 Å². The number of hydrogen-bond donors (Lipinski definition) is 0. The van der Waals surface area contributed by atoms with Gasteiger partial charge in [-0.15, -0.1) is 0 Å². The molecule has 0 aliphatic rings. The molecule has 0 aliphatic carbocycles. The molecule has 1 atom stereocenters. The lowest BCUT2D eigenvalue weighted by Crippen LogP contribution is -2.51. The first-order chi connectivity index (χ1) is 7.50. The van der Waals surface area contributed by atoms with Crippen LogP contribution >= 0.6 is 23.2 Å². The number of rotatable bonds is 5. The van der Waals surface area contributed by atoms with Crippen molar-refractivity contribution in [1.82, 2.24) is 0 Å². The fourth-order valence-corrected chi connectivity index (χ4v) is 0.884. The monoisotopic (exact) mass is 302 g/mol. The molecular weight excluding hydrogens is 298 g/mol. The molecule has 0 bridgehead atoms. The number of carbonyl (C=O) groups excluding carboxylic acids is 1. The first kappa shape index (κ1) is 16.4. The van der Waals surface area contributed by atoms with Gasteiger partial charge in [-0.1, -0.05) is 29.8 Å². The Labute approximate surface area is 102 Å². The lowest BCUT2D eigenvalue weighted by atomic mass is 10.3. The lowest BCUT2D eigenvalue weighted by Gasteiger charge is -2.29. The second-order valence-corrected chi connectivity index (χ2v) is 3.81. The minimum absolute atomic E-state index is 0.466. The summed E-state index contributed by atoms with van der Waals surface area (Å²) in [5.41, 5.74) is 0. The van der Waals surface area contributed by atoms with Crippen molar-refractivity contribution in [2.45, 2.75) is 16.6 Å². The highest BCUT2D eigenvalue weighted by atomic mass is 35.5. The highest BCUT2D eigenvalue weighted by Gasteiger charge is 2.63. The average Bonchev–Trinajstić information content (AvgIpc) is 2.15. The molecule has 10 heteroatoms. The van der Waals surface area contributed by atoms with E-state index in [4.69, 9.17) is 23.2 Å². The molecule has 17 heavy (non-hydrogen) atoms. The van der Waals surface area contributed by atoms with Gasteiger partial charge < -0.3 is 4.74 Å². The van der Waals surface area contributed by atoms with Crippen LogP contribution in [0.1, 0.15) is 0 Å². The number of carbonyl (C=O) groups is 1. The maximum absolute atomic E-state index is 13.0. The Bertz CT molecular complexity index is 306. The Morgan fingerprint density at radius 2 is 1.76 bits per heavy atom. The molecule has 100 valence electrons. The zero-order valence-electron chi connectivity index (χ0n) is 7.86. The fourth-order valence-electron chi connectivity index (χ4n) is 0.550. The minimum Gasteiger partial charge on any atom is -0.431 e. The van der Waals surface area contributed by atoms with E-state index in [0.29, 0.717) is 6.26 Å². The Morgan fingerprint density at radius 3 is 2.06 bits per heavy atom. The van der Waals surface area contributed by atoms with Crippen molar-refractivity contribution >= 4 is 29.2 Å². The minimum atomic E-state index is -5.77. The Kier molecular flexibility index (Phi) is 5.17. The van der Waals surface area contributed by atoms with Crippen LogP contribution in [0.2, 0.25) is 0 Å². The topological polar surface area (TPSA) is 35.5 Å². The molecule has 0 aromatic heterocycles. The van der Waals surface area contributed by atoms with E-state index in [1.807, 2.05) is 0 Å². The summed E-state index contributed by atoms with van der Waals surface area (Å²) in [5, 5.41) is 0. The molecule has 0 spiro atoms. The highest BCUT2D eigenvalue weighted by Crippen LogP contribution is 2.41. The molecule has 0 aromatic carbocycles. The zero-order valence-corrected chi connectivity index (χ0v) is 9.37. The van der Waals surface area contributed by atoms with Gasteiger partial charge in [-0.3, -0.25) is 4.74 Å². The van der Waals surface area contributed by atoms with Crippen LogP contribution in [0.3, 0.4) is 0 Å². The standard InChI is InChI=1S/C7H5Cl2F5O3/c1-2-16-4(15)6(8,9)17-5(11,3-10)7(12,13)14/h2H,1,3H2. The van der Waals surface area contributed by atoms with Gasteiger partial charge in [0, 0.05) is 0 Å². The third-order valence-corrected chi connectivity index (χ3v) is 1.78. The second-order valence-electron chi connectivity index (χ2n) is 2.55. The van der Waals surface area contributed by atoms with E-state index in [1.54, 1.807) is 0 Å². The SMILES string of the molecule is C=COC(=O)C(Cl)(Cl)OC(F)(CF)C(F)(F)F. The molecule has 0 amide bonds. The van der Waals surface area contributed by atoms with Crippen LogP contribution in [-0.4, -0.2) is 29.2 Å². The zero-order chi connectivity index (χ0) is 13.9. The van der Waals surface area contributed by atoms with Crippen LogP contribution in [0.15, 0.2) is 12.8 Å². The molecule has 0 heterocycles. The third kappa shape index (κ3) is 3.97. The molecule has 0 aromatic rings. The van der Waals surface area contributed by atoms with Crippen LogP contribution in [0.5, 0.6) is 0 Å². The van der Waals surface area contributed by atoms with Crippen molar-refractivity contribution in [3.63, 3.8) is 0 Å². The van der Waals surface area contributed by atoms with Gasteiger partial charge in [0.1, 0.15) is 0 Å². The van der Waals surface area contributed by atoms with E-state index in [1.165, 1.54) is 0 Å². The van der Waals surface area contributed by atoms with E-state index in [9.17, 15) is 26.7 Å². The highest BCUT2D eigenvalue weighted by molar-refractivity contribution is 6.56. The summed E-state index contributed by atoms with van der Waals surface area (Å²) in [7, 11) is 0. The van der Waals surface area contributed by atoms with Crippen molar-refractivity contribution in [2.75, 3.05) is 6.67 Å². The predicted molar refractivity (Wildman–Crippen MR) is 47.7 cm³/mol. The van der Waals surface area contributed by atoms with Gasteiger partial charge >= 0.3 is 22.5 Å². The van der Waals surface area contributed by atoms with E-state index in [2.05, 4.69) is 16.1 Å². The van der Waals surface area contributed by atoms with Crippen molar-refractivity contribution in [3.05, 3.63) is 12.8 Å². The molecule has 0 saturated carbocycles. The van der Waals surface area contributed by atoms with Crippen molar-refractivity contribution < 1.29 is 36.2 Å². The van der Waals surface area contributed by atoms with Crippen molar-refractivity contribution in [1.29, 1.82) is 0 Å². The van der Waals surface area contributed by atoms with Gasteiger partial charge in [0.2, 0.25) is 0 Å². The van der Waals surface area contributed by atoms with Crippen molar-refractivity contribution in [3.8, 4) is 0 Å². The molecule has 0 rings (SSSR count). The van der Waals surface area contributed by atoms with Crippen LogP contribution in [0.25, 0.3) is 0 Å². The Hall–Kier alpha value is -0.600. The molecule has 1 unspecified atom stereocenters. The molecule has 0 saturated heterocycles. The molecular formula is C7H5Cl2F5O3. The Balaban J connectivity index is 5.02. The van der Waals surface area contributed by atoms with Gasteiger partial charge in [-0.25, -0.2) is 9.18 Å². The van der Waals surface area contributed by atoms with Crippen molar-refractivity contribution in [2.24, 2.45) is 0 Å². The number of esters is 1. The predicted octanol–water partition coefficient (Wildman–Crippen LogP) is 3.02. The maximum Gasteiger partial charge on any atom is 0.451 e. The van der Waals surface area contributed by atoms with E-state index < -0.39 is 29.2 Å². The van der Waals surface area contributed by atoms with Crippen LogP contribution < -0.4 is 0 Å². The third-order valence-electron chi connectivity index (χ3n) is 1.31. The van der Waals surface area contributed by atoms with Crippen LogP contribution in [-0.2, 0) is 14.3 Å².